The molecule has 30 heavy (non-hydrogen) atoms. The van der Waals surface area contributed by atoms with E-state index in [9.17, 15) is 17.9 Å². The summed E-state index contributed by atoms with van der Waals surface area (Å²) in [6, 6.07) is 7.72. The lowest BCUT2D eigenvalue weighted by atomic mass is 9.98. The van der Waals surface area contributed by atoms with E-state index < -0.39 is 22.9 Å². The van der Waals surface area contributed by atoms with E-state index in [1.807, 2.05) is 6.07 Å². The summed E-state index contributed by atoms with van der Waals surface area (Å²) in [5.74, 6) is 0.0361. The van der Waals surface area contributed by atoms with E-state index in [0.29, 0.717) is 33.2 Å². The van der Waals surface area contributed by atoms with Crippen molar-refractivity contribution >= 4 is 27.8 Å². The Morgan fingerprint density at radius 3 is 2.73 bits per heavy atom. The number of methoxy groups -OCH3 is 1. The molecule has 0 bridgehead atoms. The molecule has 156 valence electrons. The van der Waals surface area contributed by atoms with Crippen LogP contribution in [0.4, 0.5) is 4.39 Å². The number of ether oxygens (including phenoxy) is 2. The van der Waals surface area contributed by atoms with E-state index in [2.05, 4.69) is 4.98 Å². The second kappa shape index (κ2) is 8.12. The van der Waals surface area contributed by atoms with Crippen molar-refractivity contribution in [3.63, 3.8) is 0 Å². The number of nitrogens with zero attached hydrogens (tertiary/aromatic N) is 1. The standard InChI is InChI=1S/C22H20FNO5S/c1-12-15(8-20(25)28-2)7-14-5-6-16(23)9-18(14)21(12)29-22-19(13-3-4-13)10-17(11-24-22)30(26)27/h5-7,9-11,13H,3-4,8H2,1-2H3,(H,26,27)/p-1. The monoisotopic (exact) mass is 428 g/mol. The maximum absolute atomic E-state index is 14.0. The molecule has 6 nitrogen and oxygen atoms in total. The van der Waals surface area contributed by atoms with Gasteiger partial charge in [-0.1, -0.05) is 12.1 Å². The fraction of sp³-hybridized carbons (Fsp3) is 0.273. The lowest BCUT2D eigenvalue weighted by Gasteiger charge is -2.18. The van der Waals surface area contributed by atoms with Gasteiger partial charge >= 0.3 is 5.97 Å². The lowest BCUT2D eigenvalue weighted by Crippen LogP contribution is -2.07. The number of halogens is 1. The second-order valence-electron chi connectivity index (χ2n) is 7.28. The summed E-state index contributed by atoms with van der Waals surface area (Å²) in [6.07, 6.45) is 3.12. The Labute approximate surface area is 175 Å². The van der Waals surface area contributed by atoms with Crippen LogP contribution < -0.4 is 4.74 Å². The quantitative estimate of drug-likeness (QED) is 0.430. The molecule has 8 heteroatoms. The molecule has 4 rings (SSSR count). The van der Waals surface area contributed by atoms with Crippen molar-refractivity contribution in [2.75, 3.05) is 7.11 Å². The van der Waals surface area contributed by atoms with E-state index in [0.717, 1.165) is 12.8 Å². The molecule has 0 amide bonds. The normalized spacial score (nSPS) is 14.5. The molecule has 1 aromatic heterocycles. The molecule has 2 aromatic carbocycles. The van der Waals surface area contributed by atoms with Gasteiger partial charge < -0.3 is 14.0 Å². The number of hydrogen-bond donors (Lipinski definition) is 0. The molecular formula is C22H19FNO5S-. The Kier molecular flexibility index (Phi) is 5.53. The highest BCUT2D eigenvalue weighted by atomic mass is 32.2. The minimum atomic E-state index is -2.39. The van der Waals surface area contributed by atoms with E-state index in [1.165, 1.54) is 25.4 Å². The topological polar surface area (TPSA) is 88.6 Å². The first-order valence-corrected chi connectivity index (χ1v) is 10.5. The Hall–Kier alpha value is -2.84. The van der Waals surface area contributed by atoms with Crippen LogP contribution in [-0.4, -0.2) is 26.8 Å². The van der Waals surface area contributed by atoms with E-state index in [4.69, 9.17) is 9.47 Å². The van der Waals surface area contributed by atoms with E-state index in [1.54, 1.807) is 19.1 Å². The van der Waals surface area contributed by atoms with Crippen molar-refractivity contribution in [2.24, 2.45) is 0 Å². The fourth-order valence-electron chi connectivity index (χ4n) is 3.45. The molecule has 1 saturated carbocycles. The van der Waals surface area contributed by atoms with E-state index >= 15 is 0 Å². The zero-order valence-electron chi connectivity index (χ0n) is 16.4. The number of carbonyl (C=O) groups is 1. The van der Waals surface area contributed by atoms with Gasteiger partial charge in [0.25, 0.3) is 0 Å². The summed E-state index contributed by atoms with van der Waals surface area (Å²) in [5, 5.41) is 1.25. The third-order valence-corrected chi connectivity index (χ3v) is 5.84. The van der Waals surface area contributed by atoms with Crippen LogP contribution in [0.15, 0.2) is 41.4 Å². The summed E-state index contributed by atoms with van der Waals surface area (Å²) >= 11 is -2.39. The van der Waals surface area contributed by atoms with Gasteiger partial charge in [0.2, 0.25) is 5.88 Å². The summed E-state index contributed by atoms with van der Waals surface area (Å²) in [5.41, 5.74) is 2.07. The van der Waals surface area contributed by atoms with Gasteiger partial charge in [0, 0.05) is 22.0 Å². The average Bonchev–Trinajstić information content (AvgIpc) is 3.56. The van der Waals surface area contributed by atoms with Crippen LogP contribution in [0.2, 0.25) is 0 Å². The summed E-state index contributed by atoms with van der Waals surface area (Å²) < 4.78 is 47.6. The number of rotatable bonds is 6. The van der Waals surface area contributed by atoms with Gasteiger partial charge in [-0.05, 0) is 71.5 Å². The molecule has 0 radical (unpaired) electrons. The largest absolute Gasteiger partial charge is 0.768 e. The SMILES string of the molecule is COC(=O)Cc1cc2ccc(F)cc2c(Oc2ncc(S(=O)[O-])cc2C2CC2)c1C. The Bertz CT molecular complexity index is 1180. The third kappa shape index (κ3) is 4.06. The number of fused-ring (bicyclic) bond motifs is 1. The zero-order valence-corrected chi connectivity index (χ0v) is 17.3. The highest BCUT2D eigenvalue weighted by molar-refractivity contribution is 7.79. The molecule has 0 spiro atoms. The molecule has 0 N–H and O–H groups in total. The van der Waals surface area contributed by atoms with Crippen LogP contribution in [0.3, 0.4) is 0 Å². The van der Waals surface area contributed by atoms with E-state index in [-0.39, 0.29) is 23.1 Å². The number of benzene rings is 2. The highest BCUT2D eigenvalue weighted by Crippen LogP contribution is 2.46. The van der Waals surface area contributed by atoms with Crippen molar-refractivity contribution in [2.45, 2.75) is 37.0 Å². The van der Waals surface area contributed by atoms with Crippen LogP contribution in [0.1, 0.15) is 35.4 Å². The Balaban J connectivity index is 1.85. The van der Waals surface area contributed by atoms with Crippen LogP contribution in [0.5, 0.6) is 11.6 Å². The first kappa shape index (κ1) is 20.4. The molecular weight excluding hydrogens is 409 g/mol. The molecule has 1 fully saturated rings. The van der Waals surface area contributed by atoms with Gasteiger partial charge in [0.05, 0.1) is 13.5 Å². The summed E-state index contributed by atoms with van der Waals surface area (Å²) in [4.78, 5) is 16.2. The van der Waals surface area contributed by atoms with Crippen LogP contribution in [0.25, 0.3) is 10.8 Å². The van der Waals surface area contributed by atoms with Gasteiger partial charge in [-0.25, -0.2) is 9.37 Å². The predicted molar refractivity (Wildman–Crippen MR) is 108 cm³/mol. The minimum Gasteiger partial charge on any atom is -0.768 e. The maximum atomic E-state index is 14.0. The summed E-state index contributed by atoms with van der Waals surface area (Å²) in [7, 11) is 1.32. The number of aromatic nitrogens is 1. The zero-order chi connectivity index (χ0) is 21.4. The average molecular weight is 428 g/mol. The predicted octanol–water partition coefficient (Wildman–Crippen LogP) is 4.31. The third-order valence-electron chi connectivity index (χ3n) is 5.24. The molecule has 1 aliphatic carbocycles. The molecule has 1 heterocycles. The molecule has 0 saturated heterocycles. The molecule has 0 aliphatic heterocycles. The lowest BCUT2D eigenvalue weighted by molar-refractivity contribution is -0.139. The van der Waals surface area contributed by atoms with Crippen molar-refractivity contribution < 1.29 is 27.4 Å². The molecule has 1 aliphatic rings. The molecule has 1 unspecified atom stereocenters. The maximum Gasteiger partial charge on any atom is 0.309 e. The highest BCUT2D eigenvalue weighted by Gasteiger charge is 2.29. The molecule has 3 aromatic rings. The number of esters is 1. The fourth-order valence-corrected chi connectivity index (χ4v) is 3.81. The van der Waals surface area contributed by atoms with Crippen molar-refractivity contribution in [1.82, 2.24) is 4.98 Å². The smallest absolute Gasteiger partial charge is 0.309 e. The Morgan fingerprint density at radius 1 is 1.30 bits per heavy atom. The van der Waals surface area contributed by atoms with Crippen LogP contribution >= 0.6 is 0 Å². The Morgan fingerprint density at radius 2 is 2.07 bits per heavy atom. The first-order valence-electron chi connectivity index (χ1n) is 9.43. The van der Waals surface area contributed by atoms with Gasteiger partial charge in [0.15, 0.2) is 0 Å². The number of pyridine rings is 1. The molecule has 1 atom stereocenters. The van der Waals surface area contributed by atoms with Crippen molar-refractivity contribution in [3.8, 4) is 11.6 Å². The number of hydrogen-bond acceptors (Lipinski definition) is 6. The summed E-state index contributed by atoms with van der Waals surface area (Å²) in [6.45, 7) is 1.79. The number of carbonyl (C=O) groups excluding carboxylic acids is 1. The van der Waals surface area contributed by atoms with Crippen LogP contribution in [-0.2, 0) is 27.0 Å². The van der Waals surface area contributed by atoms with Gasteiger partial charge in [-0.15, -0.1) is 0 Å². The van der Waals surface area contributed by atoms with Crippen molar-refractivity contribution in [1.29, 1.82) is 0 Å². The van der Waals surface area contributed by atoms with Gasteiger partial charge in [-0.2, -0.15) is 0 Å². The van der Waals surface area contributed by atoms with Crippen molar-refractivity contribution in [3.05, 3.63) is 59.0 Å². The first-order chi connectivity index (χ1) is 14.4. The minimum absolute atomic E-state index is 0.0447. The van der Waals surface area contributed by atoms with Crippen LogP contribution in [0, 0.1) is 12.7 Å². The van der Waals surface area contributed by atoms with Gasteiger partial charge in [-0.3, -0.25) is 9.00 Å². The van der Waals surface area contributed by atoms with Gasteiger partial charge in [0.1, 0.15) is 11.6 Å². The second-order valence-corrected chi connectivity index (χ2v) is 8.23.